The maximum atomic E-state index is 12.9. The number of hydrogen-bond acceptors (Lipinski definition) is 7. The third-order valence-electron chi connectivity index (χ3n) is 5.30. The van der Waals surface area contributed by atoms with Gasteiger partial charge in [-0.1, -0.05) is 35.9 Å². The fraction of sp³-hybridized carbons (Fsp3) is 0.318. The zero-order valence-corrected chi connectivity index (χ0v) is 18.0. The van der Waals surface area contributed by atoms with E-state index in [0.717, 1.165) is 23.9 Å². The molecule has 8 nitrogen and oxygen atoms in total. The fourth-order valence-electron chi connectivity index (χ4n) is 3.58. The van der Waals surface area contributed by atoms with Crippen LogP contribution >= 0.6 is 11.5 Å². The minimum atomic E-state index is -0.482. The van der Waals surface area contributed by atoms with Crippen molar-refractivity contribution in [3.63, 3.8) is 0 Å². The molecule has 160 valence electrons. The maximum absolute atomic E-state index is 12.9. The van der Waals surface area contributed by atoms with Crippen LogP contribution in [0.1, 0.15) is 33.7 Å². The minimum Gasteiger partial charge on any atom is -0.345 e. The van der Waals surface area contributed by atoms with E-state index < -0.39 is 4.92 Å². The molecule has 0 saturated carbocycles. The molecule has 4 rings (SSSR count). The molecule has 1 aliphatic heterocycles. The average Bonchev–Trinajstić information content (AvgIpc) is 3.09. The highest BCUT2D eigenvalue weighted by Gasteiger charge is 2.23. The Bertz CT molecular complexity index is 1080. The van der Waals surface area contributed by atoms with Gasteiger partial charge in [-0.2, -0.15) is 4.37 Å². The van der Waals surface area contributed by atoms with Gasteiger partial charge in [-0.3, -0.25) is 14.9 Å². The van der Waals surface area contributed by atoms with Crippen LogP contribution in [0.5, 0.6) is 0 Å². The predicted octanol–water partition coefficient (Wildman–Crippen LogP) is 3.70. The summed E-state index contributed by atoms with van der Waals surface area (Å²) in [5.41, 5.74) is 2.68. The first-order valence-corrected chi connectivity index (χ1v) is 10.9. The van der Waals surface area contributed by atoms with Crippen molar-refractivity contribution in [2.75, 3.05) is 31.1 Å². The number of aromatic nitrogens is 2. The van der Waals surface area contributed by atoms with Gasteiger partial charge >= 0.3 is 0 Å². The molecular weight excluding hydrogens is 414 g/mol. The van der Waals surface area contributed by atoms with E-state index in [0.29, 0.717) is 31.6 Å². The minimum absolute atomic E-state index is 0.0720. The average molecular weight is 438 g/mol. The quantitative estimate of drug-likeness (QED) is 0.446. The summed E-state index contributed by atoms with van der Waals surface area (Å²) in [5.74, 6) is 0.625. The van der Waals surface area contributed by atoms with E-state index in [1.54, 1.807) is 17.0 Å². The van der Waals surface area contributed by atoms with Crippen LogP contribution in [-0.4, -0.2) is 51.3 Å². The molecule has 1 aromatic heterocycles. The maximum Gasteiger partial charge on any atom is 0.270 e. The number of aryl methyl sites for hydroxylation is 1. The summed E-state index contributed by atoms with van der Waals surface area (Å²) in [6.45, 7) is 4.65. The number of benzene rings is 2. The lowest BCUT2D eigenvalue weighted by molar-refractivity contribution is -0.384. The highest BCUT2D eigenvalue weighted by atomic mass is 32.1. The lowest BCUT2D eigenvalue weighted by Gasteiger charge is -2.21. The Balaban J connectivity index is 1.39. The van der Waals surface area contributed by atoms with Crippen LogP contribution in [0.25, 0.3) is 0 Å². The highest BCUT2D eigenvalue weighted by Crippen LogP contribution is 2.22. The van der Waals surface area contributed by atoms with Crippen molar-refractivity contribution in [3.8, 4) is 0 Å². The molecule has 1 fully saturated rings. The van der Waals surface area contributed by atoms with Crippen molar-refractivity contribution in [1.29, 1.82) is 0 Å². The third-order valence-corrected chi connectivity index (χ3v) is 6.11. The van der Waals surface area contributed by atoms with Gasteiger partial charge in [-0.15, -0.1) is 0 Å². The van der Waals surface area contributed by atoms with Crippen molar-refractivity contribution in [2.45, 2.75) is 19.8 Å². The van der Waals surface area contributed by atoms with E-state index in [2.05, 4.69) is 40.5 Å². The van der Waals surface area contributed by atoms with Crippen molar-refractivity contribution in [1.82, 2.24) is 14.3 Å². The molecule has 31 heavy (non-hydrogen) atoms. The third kappa shape index (κ3) is 5.05. The van der Waals surface area contributed by atoms with Crippen molar-refractivity contribution in [3.05, 3.63) is 81.2 Å². The summed E-state index contributed by atoms with van der Waals surface area (Å²) in [5, 5.41) is 11.9. The second-order valence-electron chi connectivity index (χ2n) is 7.60. The van der Waals surface area contributed by atoms with E-state index in [1.165, 1.54) is 34.8 Å². The van der Waals surface area contributed by atoms with Crippen LogP contribution in [-0.2, 0) is 6.42 Å². The topological polar surface area (TPSA) is 92.5 Å². The monoisotopic (exact) mass is 437 g/mol. The number of amides is 1. The standard InChI is InChI=1S/C22H23N5O3S/c1-16-6-8-17(9-7-16)14-20-23-22(31-24-20)26-11-3-10-25(12-13-26)21(28)18-4-2-5-19(15-18)27(29)30/h2,4-9,15H,3,10-14H2,1H3. The van der Waals surface area contributed by atoms with Gasteiger partial charge in [0.25, 0.3) is 11.6 Å². The molecule has 2 heterocycles. The number of anilines is 1. The predicted molar refractivity (Wildman–Crippen MR) is 120 cm³/mol. The molecule has 0 N–H and O–H groups in total. The molecule has 0 unspecified atom stereocenters. The zero-order valence-electron chi connectivity index (χ0n) is 17.2. The summed E-state index contributed by atoms with van der Waals surface area (Å²) in [6.07, 6.45) is 1.50. The lowest BCUT2D eigenvalue weighted by atomic mass is 10.1. The Hall–Kier alpha value is -3.33. The molecule has 2 aromatic carbocycles. The van der Waals surface area contributed by atoms with E-state index >= 15 is 0 Å². The lowest BCUT2D eigenvalue weighted by Crippen LogP contribution is -2.35. The van der Waals surface area contributed by atoms with Gasteiger partial charge in [-0.05, 0) is 25.0 Å². The number of nitrogens with zero attached hydrogens (tertiary/aromatic N) is 5. The second-order valence-corrected chi connectivity index (χ2v) is 8.33. The number of non-ortho nitro benzene ring substituents is 1. The van der Waals surface area contributed by atoms with E-state index in [-0.39, 0.29) is 11.6 Å². The van der Waals surface area contributed by atoms with Crippen molar-refractivity contribution in [2.24, 2.45) is 0 Å². The number of carbonyl (C=O) groups excluding carboxylic acids is 1. The van der Waals surface area contributed by atoms with Gasteiger partial charge in [0.1, 0.15) is 5.82 Å². The van der Waals surface area contributed by atoms with Gasteiger partial charge in [0.2, 0.25) is 5.13 Å². The molecule has 0 aliphatic carbocycles. The number of carbonyl (C=O) groups is 1. The smallest absolute Gasteiger partial charge is 0.270 e. The molecule has 0 bridgehead atoms. The number of rotatable bonds is 5. The van der Waals surface area contributed by atoms with Gasteiger partial charge in [-0.25, -0.2) is 4.98 Å². The number of hydrogen-bond donors (Lipinski definition) is 0. The Labute approximate surface area is 184 Å². The molecule has 0 atom stereocenters. The Morgan fingerprint density at radius 2 is 1.94 bits per heavy atom. The molecule has 0 radical (unpaired) electrons. The van der Waals surface area contributed by atoms with E-state index in [9.17, 15) is 14.9 Å². The first-order chi connectivity index (χ1) is 15.0. The van der Waals surface area contributed by atoms with E-state index in [1.807, 2.05) is 0 Å². The van der Waals surface area contributed by atoms with Crippen LogP contribution in [0, 0.1) is 17.0 Å². The Morgan fingerprint density at radius 1 is 1.13 bits per heavy atom. The van der Waals surface area contributed by atoms with Crippen LogP contribution in [0.4, 0.5) is 10.8 Å². The van der Waals surface area contributed by atoms with Gasteiger partial charge in [0.15, 0.2) is 0 Å². The highest BCUT2D eigenvalue weighted by molar-refractivity contribution is 7.09. The Kier molecular flexibility index (Phi) is 6.22. The number of nitro benzene ring substituents is 1. The van der Waals surface area contributed by atoms with E-state index in [4.69, 9.17) is 4.98 Å². The molecular formula is C22H23N5O3S. The van der Waals surface area contributed by atoms with Crippen LogP contribution in [0.15, 0.2) is 48.5 Å². The van der Waals surface area contributed by atoms with Crippen molar-refractivity contribution >= 4 is 28.3 Å². The summed E-state index contributed by atoms with van der Waals surface area (Å²) >= 11 is 1.39. The van der Waals surface area contributed by atoms with Crippen LogP contribution < -0.4 is 4.90 Å². The zero-order chi connectivity index (χ0) is 21.8. The van der Waals surface area contributed by atoms with Crippen molar-refractivity contribution < 1.29 is 9.72 Å². The molecule has 1 aliphatic rings. The normalized spacial score (nSPS) is 14.4. The molecule has 0 spiro atoms. The van der Waals surface area contributed by atoms with Crippen LogP contribution in [0.3, 0.4) is 0 Å². The molecule has 3 aromatic rings. The first-order valence-electron chi connectivity index (χ1n) is 10.2. The number of nitro groups is 1. The van der Waals surface area contributed by atoms with Gasteiger partial charge in [0, 0.05) is 61.8 Å². The SMILES string of the molecule is Cc1ccc(Cc2nsc(N3CCCN(C(=O)c4cccc([N+](=O)[O-])c4)CC3)n2)cc1. The summed E-state index contributed by atoms with van der Waals surface area (Å²) in [4.78, 5) is 32.0. The summed E-state index contributed by atoms with van der Waals surface area (Å²) in [7, 11) is 0. The largest absolute Gasteiger partial charge is 0.345 e. The molecule has 9 heteroatoms. The fourth-order valence-corrected chi connectivity index (χ4v) is 4.32. The summed E-state index contributed by atoms with van der Waals surface area (Å²) in [6, 6.07) is 14.3. The first kappa shape index (κ1) is 20.9. The summed E-state index contributed by atoms with van der Waals surface area (Å²) < 4.78 is 4.51. The van der Waals surface area contributed by atoms with Gasteiger partial charge in [0.05, 0.1) is 4.92 Å². The molecule has 1 amide bonds. The molecule has 1 saturated heterocycles. The van der Waals surface area contributed by atoms with Gasteiger partial charge < -0.3 is 9.80 Å². The van der Waals surface area contributed by atoms with Crippen LogP contribution in [0.2, 0.25) is 0 Å². The Morgan fingerprint density at radius 3 is 2.71 bits per heavy atom. The second kappa shape index (κ2) is 9.22.